The monoisotopic (exact) mass is 307 g/mol. The molecule has 0 unspecified atom stereocenters. The number of hydrogen-bond acceptors (Lipinski definition) is 3. The van der Waals surface area contributed by atoms with Crippen LogP contribution in [0.2, 0.25) is 0 Å². The van der Waals surface area contributed by atoms with Gasteiger partial charge >= 0.3 is 5.97 Å². The Kier molecular flexibility index (Phi) is 4.24. The highest BCUT2D eigenvalue weighted by molar-refractivity contribution is 5.96. The first-order valence-corrected chi connectivity index (χ1v) is 7.47. The Morgan fingerprint density at radius 2 is 1.61 bits per heavy atom. The third-order valence-electron chi connectivity index (χ3n) is 3.91. The Morgan fingerprint density at radius 3 is 2.17 bits per heavy atom. The lowest BCUT2D eigenvalue weighted by Crippen LogP contribution is -2.32. The number of carbonyl (C=O) groups is 2. The van der Waals surface area contributed by atoms with Gasteiger partial charge in [0.15, 0.2) is 0 Å². The highest BCUT2D eigenvalue weighted by Gasteiger charge is 2.32. The van der Waals surface area contributed by atoms with Crippen LogP contribution in [0.15, 0.2) is 61.2 Å². The van der Waals surface area contributed by atoms with Crippen LogP contribution in [0.4, 0.5) is 0 Å². The molecule has 0 radical (unpaired) electrons. The summed E-state index contributed by atoms with van der Waals surface area (Å²) < 4.78 is 4.87. The molecular formula is C19H17NO3. The fourth-order valence-corrected chi connectivity index (χ4v) is 2.92. The van der Waals surface area contributed by atoms with Crippen molar-refractivity contribution < 1.29 is 14.3 Å². The molecule has 1 amide bonds. The largest absolute Gasteiger partial charge is 0.461 e. The number of ether oxygens (including phenoxy) is 1. The number of amides is 1. The Labute approximate surface area is 134 Å². The van der Waals surface area contributed by atoms with Crippen molar-refractivity contribution in [3.63, 3.8) is 0 Å². The average molecular weight is 307 g/mol. The van der Waals surface area contributed by atoms with E-state index in [4.69, 9.17) is 4.74 Å². The maximum atomic E-state index is 12.6. The van der Waals surface area contributed by atoms with E-state index in [1.807, 2.05) is 48.5 Å². The van der Waals surface area contributed by atoms with Crippen LogP contribution in [0.25, 0.3) is 11.1 Å². The van der Waals surface area contributed by atoms with Crippen LogP contribution in [0.5, 0.6) is 0 Å². The van der Waals surface area contributed by atoms with Crippen molar-refractivity contribution in [2.45, 2.75) is 5.92 Å². The predicted octanol–water partition coefficient (Wildman–Crippen LogP) is 2.64. The van der Waals surface area contributed by atoms with Gasteiger partial charge in [0.1, 0.15) is 6.61 Å². The van der Waals surface area contributed by atoms with E-state index in [0.29, 0.717) is 0 Å². The van der Waals surface area contributed by atoms with Crippen LogP contribution in [-0.4, -0.2) is 25.0 Å². The summed E-state index contributed by atoms with van der Waals surface area (Å²) in [6.45, 7) is 3.73. The summed E-state index contributed by atoms with van der Waals surface area (Å²) >= 11 is 0. The van der Waals surface area contributed by atoms with Crippen molar-refractivity contribution in [1.82, 2.24) is 5.32 Å². The van der Waals surface area contributed by atoms with Crippen molar-refractivity contribution in [2.75, 3.05) is 13.2 Å². The summed E-state index contributed by atoms with van der Waals surface area (Å²) in [6.07, 6.45) is 1.10. The summed E-state index contributed by atoms with van der Waals surface area (Å²) in [4.78, 5) is 23.6. The van der Waals surface area contributed by atoms with E-state index >= 15 is 0 Å². The second kappa shape index (κ2) is 6.48. The molecule has 0 fully saturated rings. The zero-order chi connectivity index (χ0) is 16.2. The fourth-order valence-electron chi connectivity index (χ4n) is 2.92. The van der Waals surface area contributed by atoms with Gasteiger partial charge in [0.2, 0.25) is 5.91 Å². The number of hydrogen-bond donors (Lipinski definition) is 1. The summed E-state index contributed by atoms with van der Waals surface area (Å²) in [6, 6.07) is 15.9. The number of rotatable bonds is 5. The Morgan fingerprint density at radius 1 is 1.04 bits per heavy atom. The van der Waals surface area contributed by atoms with E-state index in [0.717, 1.165) is 28.3 Å². The van der Waals surface area contributed by atoms with Crippen LogP contribution in [0.1, 0.15) is 17.0 Å². The lowest BCUT2D eigenvalue weighted by Gasteiger charge is -2.14. The average Bonchev–Trinajstić information content (AvgIpc) is 2.93. The third-order valence-corrected chi connectivity index (χ3v) is 3.91. The van der Waals surface area contributed by atoms with Gasteiger partial charge in [-0.1, -0.05) is 55.1 Å². The van der Waals surface area contributed by atoms with Gasteiger partial charge in [-0.3, -0.25) is 4.79 Å². The minimum Gasteiger partial charge on any atom is -0.461 e. The van der Waals surface area contributed by atoms with Crippen molar-refractivity contribution in [2.24, 2.45) is 0 Å². The second-order valence-corrected chi connectivity index (χ2v) is 5.27. The molecule has 1 aliphatic rings. The van der Waals surface area contributed by atoms with Crippen LogP contribution >= 0.6 is 0 Å². The van der Waals surface area contributed by atoms with Gasteiger partial charge < -0.3 is 10.1 Å². The maximum Gasteiger partial charge on any atom is 0.330 e. The number of carbonyl (C=O) groups excluding carboxylic acids is 2. The lowest BCUT2D eigenvalue weighted by molar-refractivity contribution is -0.138. The third kappa shape index (κ3) is 2.88. The molecule has 3 rings (SSSR count). The number of esters is 1. The van der Waals surface area contributed by atoms with Gasteiger partial charge in [-0.15, -0.1) is 0 Å². The first-order chi connectivity index (χ1) is 11.2. The van der Waals surface area contributed by atoms with E-state index in [9.17, 15) is 9.59 Å². The van der Waals surface area contributed by atoms with Gasteiger partial charge in [0.25, 0.3) is 0 Å². The summed E-state index contributed by atoms with van der Waals surface area (Å²) in [5.74, 6) is -0.898. The molecule has 2 aromatic rings. The van der Waals surface area contributed by atoms with Gasteiger partial charge in [-0.05, 0) is 22.3 Å². The topological polar surface area (TPSA) is 55.4 Å². The highest BCUT2D eigenvalue weighted by atomic mass is 16.5. The van der Waals surface area contributed by atoms with Gasteiger partial charge in [-0.2, -0.15) is 0 Å². The van der Waals surface area contributed by atoms with Crippen molar-refractivity contribution >= 4 is 11.9 Å². The molecule has 0 heterocycles. The van der Waals surface area contributed by atoms with Crippen LogP contribution in [0, 0.1) is 0 Å². The normalized spacial score (nSPS) is 12.2. The molecule has 0 saturated carbocycles. The van der Waals surface area contributed by atoms with E-state index in [1.165, 1.54) is 0 Å². The van der Waals surface area contributed by atoms with Gasteiger partial charge in [0.05, 0.1) is 12.5 Å². The van der Waals surface area contributed by atoms with Gasteiger partial charge in [0, 0.05) is 6.08 Å². The molecule has 0 atom stereocenters. The zero-order valence-corrected chi connectivity index (χ0v) is 12.6. The summed E-state index contributed by atoms with van der Waals surface area (Å²) in [7, 11) is 0. The number of fused-ring (bicyclic) bond motifs is 3. The summed E-state index contributed by atoms with van der Waals surface area (Å²) in [5, 5.41) is 2.84. The van der Waals surface area contributed by atoms with Crippen LogP contribution < -0.4 is 5.32 Å². The molecule has 4 heteroatoms. The van der Waals surface area contributed by atoms with Crippen molar-refractivity contribution in [1.29, 1.82) is 0 Å². The molecule has 0 bridgehead atoms. The zero-order valence-electron chi connectivity index (χ0n) is 12.6. The molecule has 0 saturated heterocycles. The molecule has 1 N–H and O–H groups in total. The molecule has 0 aliphatic heterocycles. The summed E-state index contributed by atoms with van der Waals surface area (Å²) in [5.41, 5.74) is 4.21. The minimum absolute atomic E-state index is 0.0861. The number of benzene rings is 2. The first-order valence-electron chi connectivity index (χ1n) is 7.47. The predicted molar refractivity (Wildman–Crippen MR) is 87.9 cm³/mol. The smallest absolute Gasteiger partial charge is 0.330 e. The highest BCUT2D eigenvalue weighted by Crippen LogP contribution is 2.44. The Balaban J connectivity index is 1.76. The number of nitrogens with one attached hydrogen (secondary N) is 1. The molecule has 0 spiro atoms. The quantitative estimate of drug-likeness (QED) is 0.525. The molecule has 0 aromatic heterocycles. The SMILES string of the molecule is C=CC(=O)OCCNC(=O)C1c2ccccc2-c2ccccc21. The van der Waals surface area contributed by atoms with Crippen LogP contribution in [0.3, 0.4) is 0 Å². The first kappa shape index (κ1) is 15.0. The van der Waals surface area contributed by atoms with Crippen LogP contribution in [-0.2, 0) is 14.3 Å². The molecular weight excluding hydrogens is 290 g/mol. The standard InChI is InChI=1S/C19H17NO3/c1-2-17(21)23-12-11-20-19(22)18-15-9-5-3-7-13(15)14-8-4-6-10-16(14)18/h2-10,18H,1,11-12H2,(H,20,22). The van der Waals surface area contributed by atoms with Crippen molar-refractivity contribution in [3.8, 4) is 11.1 Å². The lowest BCUT2D eigenvalue weighted by atomic mass is 9.96. The fraction of sp³-hybridized carbons (Fsp3) is 0.158. The second-order valence-electron chi connectivity index (χ2n) is 5.27. The van der Waals surface area contributed by atoms with Gasteiger partial charge in [-0.25, -0.2) is 4.79 Å². The molecule has 4 nitrogen and oxygen atoms in total. The van der Waals surface area contributed by atoms with E-state index in [-0.39, 0.29) is 25.0 Å². The van der Waals surface area contributed by atoms with E-state index in [1.54, 1.807) is 0 Å². The minimum atomic E-state index is -0.490. The molecule has 23 heavy (non-hydrogen) atoms. The Hall–Kier alpha value is -2.88. The molecule has 116 valence electrons. The van der Waals surface area contributed by atoms with Crippen molar-refractivity contribution in [3.05, 3.63) is 72.3 Å². The molecule has 2 aromatic carbocycles. The van der Waals surface area contributed by atoms with E-state index < -0.39 is 5.97 Å². The maximum absolute atomic E-state index is 12.6. The molecule has 1 aliphatic carbocycles. The Bertz CT molecular complexity index is 721. The van der Waals surface area contributed by atoms with E-state index in [2.05, 4.69) is 11.9 Å².